The summed E-state index contributed by atoms with van der Waals surface area (Å²) in [7, 11) is 1.54. The van der Waals surface area contributed by atoms with Crippen molar-refractivity contribution in [2.24, 2.45) is 0 Å². The first kappa shape index (κ1) is 15.3. The maximum atomic E-state index is 11.8. The quantitative estimate of drug-likeness (QED) is 0.899. The minimum atomic E-state index is -0.255. The number of carbonyl (C=O) groups is 1. The van der Waals surface area contributed by atoms with E-state index in [9.17, 15) is 4.79 Å². The Hall–Kier alpha value is -2.08. The summed E-state index contributed by atoms with van der Waals surface area (Å²) in [4.78, 5) is 15.8. The zero-order valence-corrected chi connectivity index (χ0v) is 13.3. The lowest BCUT2D eigenvalue weighted by Crippen LogP contribution is -2.20. The number of hydrogen-bond donors (Lipinski definition) is 1. The average Bonchev–Trinajstić information content (AvgIpc) is 2.47. The van der Waals surface area contributed by atoms with Gasteiger partial charge in [-0.05, 0) is 46.6 Å². The molecule has 0 fully saturated rings. The summed E-state index contributed by atoms with van der Waals surface area (Å²) in [5.41, 5.74) is 1.70. The molecule has 110 valence electrons. The van der Waals surface area contributed by atoms with E-state index in [4.69, 9.17) is 9.47 Å². The van der Waals surface area contributed by atoms with Crippen LogP contribution in [-0.2, 0) is 4.79 Å². The molecular formula is C15H15BrN2O3. The van der Waals surface area contributed by atoms with Crippen molar-refractivity contribution in [1.82, 2.24) is 4.98 Å². The molecule has 0 radical (unpaired) electrons. The van der Waals surface area contributed by atoms with Crippen LogP contribution in [0.25, 0.3) is 0 Å². The lowest BCUT2D eigenvalue weighted by Gasteiger charge is -2.09. The van der Waals surface area contributed by atoms with E-state index in [1.54, 1.807) is 12.1 Å². The molecule has 21 heavy (non-hydrogen) atoms. The Morgan fingerprint density at radius 2 is 2.14 bits per heavy atom. The molecule has 0 aliphatic rings. The van der Waals surface area contributed by atoms with Crippen LogP contribution >= 0.6 is 15.9 Å². The molecule has 0 bridgehead atoms. The van der Waals surface area contributed by atoms with Crippen molar-refractivity contribution in [3.8, 4) is 11.6 Å². The number of aromatic nitrogens is 1. The summed E-state index contributed by atoms with van der Waals surface area (Å²) in [5.74, 6) is 0.867. The molecular weight excluding hydrogens is 336 g/mol. The molecule has 0 unspecified atom stereocenters. The minimum absolute atomic E-state index is 0.0757. The number of hydrogen-bond acceptors (Lipinski definition) is 4. The van der Waals surface area contributed by atoms with Gasteiger partial charge in [0, 0.05) is 6.07 Å². The fourth-order valence-electron chi connectivity index (χ4n) is 1.64. The Labute approximate surface area is 131 Å². The molecule has 0 aliphatic carbocycles. The second kappa shape index (κ2) is 7.08. The van der Waals surface area contributed by atoms with Gasteiger partial charge in [-0.15, -0.1) is 0 Å². The normalized spacial score (nSPS) is 10.0. The summed E-state index contributed by atoms with van der Waals surface area (Å²) < 4.78 is 11.2. The maximum Gasteiger partial charge on any atom is 0.262 e. The highest BCUT2D eigenvalue weighted by molar-refractivity contribution is 9.10. The average molecular weight is 351 g/mol. The van der Waals surface area contributed by atoms with E-state index in [2.05, 4.69) is 26.2 Å². The Morgan fingerprint density at radius 3 is 2.76 bits per heavy atom. The Balaban J connectivity index is 1.89. The Kier molecular flexibility index (Phi) is 5.16. The minimum Gasteiger partial charge on any atom is -0.483 e. The highest BCUT2D eigenvalue weighted by atomic mass is 79.9. The molecule has 0 spiro atoms. The van der Waals surface area contributed by atoms with Crippen molar-refractivity contribution in [3.63, 3.8) is 0 Å². The largest absolute Gasteiger partial charge is 0.483 e. The molecule has 2 rings (SSSR count). The summed E-state index contributed by atoms with van der Waals surface area (Å²) in [6, 6.07) is 9.06. The topological polar surface area (TPSA) is 60.5 Å². The van der Waals surface area contributed by atoms with Crippen LogP contribution in [-0.4, -0.2) is 24.6 Å². The van der Waals surface area contributed by atoms with Gasteiger partial charge in [0.2, 0.25) is 5.88 Å². The number of carbonyl (C=O) groups excluding carboxylic acids is 1. The fourth-order valence-corrected chi connectivity index (χ4v) is 2.25. The predicted octanol–water partition coefficient (Wildman–Crippen LogP) is 3.18. The van der Waals surface area contributed by atoms with Crippen molar-refractivity contribution < 1.29 is 14.3 Å². The number of rotatable bonds is 5. The van der Waals surface area contributed by atoms with Crippen LogP contribution in [0, 0.1) is 6.92 Å². The first-order valence-corrected chi connectivity index (χ1v) is 7.06. The van der Waals surface area contributed by atoms with Gasteiger partial charge in [-0.1, -0.05) is 6.07 Å². The monoisotopic (exact) mass is 350 g/mol. The first-order valence-electron chi connectivity index (χ1n) is 6.27. The van der Waals surface area contributed by atoms with Crippen LogP contribution in [0.15, 0.2) is 41.0 Å². The van der Waals surface area contributed by atoms with Crippen LogP contribution in [0.3, 0.4) is 0 Å². The standard InChI is InChI=1S/C15H15BrN2O3/c1-10-3-5-13(12(16)7-10)21-9-14(19)18-11-4-6-15(20-2)17-8-11/h3-8H,9H2,1-2H3,(H,18,19). The van der Waals surface area contributed by atoms with Gasteiger partial charge in [0.15, 0.2) is 6.61 Å². The van der Waals surface area contributed by atoms with Gasteiger partial charge in [0.05, 0.1) is 23.5 Å². The van der Waals surface area contributed by atoms with Gasteiger partial charge in [0.25, 0.3) is 5.91 Å². The van der Waals surface area contributed by atoms with E-state index in [1.165, 1.54) is 13.3 Å². The van der Waals surface area contributed by atoms with Gasteiger partial charge in [-0.2, -0.15) is 0 Å². The van der Waals surface area contributed by atoms with Gasteiger partial charge >= 0.3 is 0 Å². The number of ether oxygens (including phenoxy) is 2. The number of halogens is 1. The molecule has 0 saturated heterocycles. The number of nitrogens with zero attached hydrogens (tertiary/aromatic N) is 1. The number of benzene rings is 1. The third-order valence-electron chi connectivity index (χ3n) is 2.68. The Morgan fingerprint density at radius 1 is 1.33 bits per heavy atom. The van der Waals surface area contributed by atoms with Crippen molar-refractivity contribution >= 4 is 27.5 Å². The van der Waals surface area contributed by atoms with Crippen molar-refractivity contribution in [2.75, 3.05) is 19.0 Å². The second-order valence-corrected chi connectivity index (χ2v) is 5.21. The molecule has 0 saturated carbocycles. The molecule has 1 aromatic carbocycles. The zero-order chi connectivity index (χ0) is 15.2. The van der Waals surface area contributed by atoms with Gasteiger partial charge < -0.3 is 14.8 Å². The van der Waals surface area contributed by atoms with Crippen molar-refractivity contribution in [1.29, 1.82) is 0 Å². The van der Waals surface area contributed by atoms with Crippen LogP contribution in [0.4, 0.5) is 5.69 Å². The number of amides is 1. The lowest BCUT2D eigenvalue weighted by atomic mass is 10.2. The maximum absolute atomic E-state index is 11.8. The molecule has 1 N–H and O–H groups in total. The SMILES string of the molecule is COc1ccc(NC(=O)COc2ccc(C)cc2Br)cn1. The summed E-state index contributed by atoms with van der Waals surface area (Å²) in [5, 5.41) is 2.70. The molecule has 0 atom stereocenters. The second-order valence-electron chi connectivity index (χ2n) is 4.36. The van der Waals surface area contributed by atoms with E-state index in [1.807, 2.05) is 25.1 Å². The fraction of sp³-hybridized carbons (Fsp3) is 0.200. The lowest BCUT2D eigenvalue weighted by molar-refractivity contribution is -0.118. The highest BCUT2D eigenvalue weighted by Crippen LogP contribution is 2.25. The summed E-state index contributed by atoms with van der Waals surface area (Å²) in [6.45, 7) is 1.91. The number of pyridine rings is 1. The molecule has 1 heterocycles. The number of methoxy groups -OCH3 is 1. The number of aryl methyl sites for hydroxylation is 1. The molecule has 6 heteroatoms. The van der Waals surface area contributed by atoms with E-state index in [0.717, 1.165) is 10.0 Å². The van der Waals surface area contributed by atoms with E-state index >= 15 is 0 Å². The van der Waals surface area contributed by atoms with E-state index in [-0.39, 0.29) is 12.5 Å². The Bertz CT molecular complexity index is 629. The third kappa shape index (κ3) is 4.46. The van der Waals surface area contributed by atoms with Crippen molar-refractivity contribution in [2.45, 2.75) is 6.92 Å². The molecule has 1 aromatic heterocycles. The smallest absolute Gasteiger partial charge is 0.262 e. The molecule has 0 aliphatic heterocycles. The first-order chi connectivity index (χ1) is 10.1. The van der Waals surface area contributed by atoms with Gasteiger partial charge in [-0.3, -0.25) is 4.79 Å². The molecule has 1 amide bonds. The highest BCUT2D eigenvalue weighted by Gasteiger charge is 2.06. The molecule has 5 nitrogen and oxygen atoms in total. The van der Waals surface area contributed by atoms with E-state index in [0.29, 0.717) is 17.3 Å². The third-order valence-corrected chi connectivity index (χ3v) is 3.30. The van der Waals surface area contributed by atoms with Crippen LogP contribution < -0.4 is 14.8 Å². The van der Waals surface area contributed by atoms with Crippen LogP contribution in [0.5, 0.6) is 11.6 Å². The zero-order valence-electron chi connectivity index (χ0n) is 11.7. The number of nitrogens with one attached hydrogen (secondary N) is 1. The summed E-state index contributed by atoms with van der Waals surface area (Å²) >= 11 is 3.40. The summed E-state index contributed by atoms with van der Waals surface area (Å²) in [6.07, 6.45) is 1.53. The number of anilines is 1. The van der Waals surface area contributed by atoms with Crippen LogP contribution in [0.2, 0.25) is 0 Å². The van der Waals surface area contributed by atoms with Gasteiger partial charge in [0.1, 0.15) is 5.75 Å². The van der Waals surface area contributed by atoms with Crippen molar-refractivity contribution in [3.05, 3.63) is 46.6 Å². The molecule has 2 aromatic rings. The van der Waals surface area contributed by atoms with Crippen LogP contribution in [0.1, 0.15) is 5.56 Å². The van der Waals surface area contributed by atoms with Gasteiger partial charge in [-0.25, -0.2) is 4.98 Å². The predicted molar refractivity (Wildman–Crippen MR) is 83.8 cm³/mol. The van der Waals surface area contributed by atoms with E-state index < -0.39 is 0 Å².